The first-order valence-electron chi connectivity index (χ1n) is 7.19. The maximum atomic E-state index is 12.1. The predicted molar refractivity (Wildman–Crippen MR) is 87.2 cm³/mol. The van der Waals surface area contributed by atoms with Crippen molar-refractivity contribution in [1.29, 1.82) is 0 Å². The molecule has 0 bridgehead atoms. The van der Waals surface area contributed by atoms with Crippen molar-refractivity contribution in [2.24, 2.45) is 0 Å². The Labute approximate surface area is 141 Å². The van der Waals surface area contributed by atoms with E-state index in [1.807, 2.05) is 0 Å². The quantitative estimate of drug-likeness (QED) is 0.641. The number of halogens is 3. The Hall–Kier alpha value is -3.09. The summed E-state index contributed by atoms with van der Waals surface area (Å²) in [6.45, 7) is 1.40. The maximum Gasteiger partial charge on any atom is 0.573 e. The van der Waals surface area contributed by atoms with Gasteiger partial charge >= 0.3 is 6.36 Å². The molecule has 0 fully saturated rings. The van der Waals surface area contributed by atoms with Crippen molar-refractivity contribution in [3.63, 3.8) is 0 Å². The molecular formula is C18H14F3NO3. The number of ketones is 1. The number of hydrogen-bond donors (Lipinski definition) is 1. The van der Waals surface area contributed by atoms with Gasteiger partial charge in [0.05, 0.1) is 0 Å². The molecule has 0 saturated carbocycles. The van der Waals surface area contributed by atoms with Crippen LogP contribution in [0.25, 0.3) is 6.08 Å². The minimum absolute atomic E-state index is 0.184. The number of ether oxygens (including phenoxy) is 1. The molecule has 2 rings (SSSR count). The van der Waals surface area contributed by atoms with Crippen molar-refractivity contribution < 1.29 is 27.5 Å². The molecule has 0 aromatic heterocycles. The summed E-state index contributed by atoms with van der Waals surface area (Å²) in [5, 5.41) is 2.62. The van der Waals surface area contributed by atoms with Gasteiger partial charge in [-0.25, -0.2) is 0 Å². The summed E-state index contributed by atoms with van der Waals surface area (Å²) in [5.41, 5.74) is 1.61. The molecule has 0 aliphatic carbocycles. The second-order valence-corrected chi connectivity index (χ2v) is 5.07. The molecule has 1 N–H and O–H groups in total. The van der Waals surface area contributed by atoms with Crippen molar-refractivity contribution in [1.82, 2.24) is 0 Å². The molecule has 4 nitrogen and oxygen atoms in total. The Balaban J connectivity index is 2.01. The minimum Gasteiger partial charge on any atom is -0.406 e. The van der Waals surface area contributed by atoms with Gasteiger partial charge in [-0.1, -0.05) is 18.2 Å². The first-order chi connectivity index (χ1) is 11.7. The molecule has 0 heterocycles. The second kappa shape index (κ2) is 7.65. The molecule has 0 aliphatic heterocycles. The molecule has 7 heteroatoms. The van der Waals surface area contributed by atoms with Crippen molar-refractivity contribution in [2.75, 3.05) is 5.32 Å². The SMILES string of the molecule is CC(=O)Nc1ccc(/C=C/C(=O)c2ccc(OC(F)(F)F)cc2)cc1. The van der Waals surface area contributed by atoms with E-state index < -0.39 is 6.36 Å². The Morgan fingerprint density at radius 2 is 1.60 bits per heavy atom. The number of anilines is 1. The molecule has 0 spiro atoms. The zero-order chi connectivity index (χ0) is 18.4. The van der Waals surface area contributed by atoms with E-state index in [0.29, 0.717) is 5.69 Å². The topological polar surface area (TPSA) is 55.4 Å². The van der Waals surface area contributed by atoms with Crippen LogP contribution in [0.5, 0.6) is 5.75 Å². The molecular weight excluding hydrogens is 335 g/mol. The van der Waals surface area contributed by atoms with Crippen molar-refractivity contribution >= 4 is 23.5 Å². The number of carbonyl (C=O) groups excluding carboxylic acids is 2. The lowest BCUT2D eigenvalue weighted by Gasteiger charge is -2.08. The highest BCUT2D eigenvalue weighted by molar-refractivity contribution is 6.06. The highest BCUT2D eigenvalue weighted by atomic mass is 19.4. The van der Waals surface area contributed by atoms with Crippen LogP contribution in [0.2, 0.25) is 0 Å². The molecule has 0 atom stereocenters. The number of benzene rings is 2. The van der Waals surface area contributed by atoms with Crippen LogP contribution in [-0.4, -0.2) is 18.1 Å². The Morgan fingerprint density at radius 3 is 2.12 bits per heavy atom. The van der Waals surface area contributed by atoms with Crippen molar-refractivity contribution in [2.45, 2.75) is 13.3 Å². The van der Waals surface area contributed by atoms with Crippen LogP contribution < -0.4 is 10.1 Å². The second-order valence-electron chi connectivity index (χ2n) is 5.07. The average Bonchev–Trinajstić information content (AvgIpc) is 2.52. The Kier molecular flexibility index (Phi) is 5.59. The van der Waals surface area contributed by atoms with Crippen LogP contribution in [0.3, 0.4) is 0 Å². The third-order valence-electron chi connectivity index (χ3n) is 3.03. The molecule has 2 aromatic rings. The monoisotopic (exact) mass is 349 g/mol. The minimum atomic E-state index is -4.77. The lowest BCUT2D eigenvalue weighted by molar-refractivity contribution is -0.274. The first kappa shape index (κ1) is 18.3. The van der Waals surface area contributed by atoms with Gasteiger partial charge in [-0.15, -0.1) is 13.2 Å². The Bertz CT molecular complexity index is 779. The fourth-order valence-corrected chi connectivity index (χ4v) is 1.97. The van der Waals surface area contributed by atoms with Crippen molar-refractivity contribution in [3.05, 3.63) is 65.7 Å². The van der Waals surface area contributed by atoms with E-state index in [9.17, 15) is 22.8 Å². The molecule has 0 aliphatic rings. The van der Waals surface area contributed by atoms with Crippen LogP contribution >= 0.6 is 0 Å². The van der Waals surface area contributed by atoms with Crippen LogP contribution in [0.1, 0.15) is 22.8 Å². The van der Waals surface area contributed by atoms with E-state index >= 15 is 0 Å². The summed E-state index contributed by atoms with van der Waals surface area (Å²) in [4.78, 5) is 22.9. The number of amides is 1. The number of allylic oxidation sites excluding steroid dienone is 1. The third-order valence-corrected chi connectivity index (χ3v) is 3.03. The number of alkyl halides is 3. The zero-order valence-corrected chi connectivity index (χ0v) is 13.1. The lowest BCUT2D eigenvalue weighted by atomic mass is 10.1. The summed E-state index contributed by atoms with van der Waals surface area (Å²) >= 11 is 0. The molecule has 25 heavy (non-hydrogen) atoms. The summed E-state index contributed by atoms with van der Waals surface area (Å²) in [5.74, 6) is -0.928. The van der Waals surface area contributed by atoms with Crippen LogP contribution in [0.15, 0.2) is 54.6 Å². The van der Waals surface area contributed by atoms with Gasteiger partial charge in [0.25, 0.3) is 0 Å². The normalized spacial score (nSPS) is 11.4. The summed E-state index contributed by atoms with van der Waals surface area (Å²) < 4.78 is 40.0. The number of nitrogens with one attached hydrogen (secondary N) is 1. The third kappa shape index (κ3) is 6.14. The number of carbonyl (C=O) groups is 2. The van der Waals surface area contributed by atoms with E-state index in [4.69, 9.17) is 0 Å². The van der Waals surface area contributed by atoms with Crippen LogP contribution in [0.4, 0.5) is 18.9 Å². The van der Waals surface area contributed by atoms with Gasteiger partial charge in [0.1, 0.15) is 5.75 Å². The number of hydrogen-bond acceptors (Lipinski definition) is 3. The maximum absolute atomic E-state index is 12.1. The smallest absolute Gasteiger partial charge is 0.406 e. The van der Waals surface area contributed by atoms with E-state index in [2.05, 4.69) is 10.1 Å². The Morgan fingerprint density at radius 1 is 1.00 bits per heavy atom. The summed E-state index contributed by atoms with van der Waals surface area (Å²) in [6, 6.07) is 11.5. The van der Waals surface area contributed by atoms with Crippen LogP contribution in [-0.2, 0) is 4.79 Å². The molecule has 0 radical (unpaired) electrons. The number of rotatable bonds is 5. The van der Waals surface area contributed by atoms with Gasteiger partial charge < -0.3 is 10.1 Å². The van der Waals surface area contributed by atoms with Crippen molar-refractivity contribution in [3.8, 4) is 5.75 Å². The molecule has 0 unspecified atom stereocenters. The largest absolute Gasteiger partial charge is 0.573 e. The van der Waals surface area contributed by atoms with Gasteiger partial charge in [-0.2, -0.15) is 0 Å². The van der Waals surface area contributed by atoms with Crippen LogP contribution in [0, 0.1) is 0 Å². The van der Waals surface area contributed by atoms with E-state index in [-0.39, 0.29) is 23.0 Å². The van der Waals surface area contributed by atoms with Gasteiger partial charge in [-0.05, 0) is 48.0 Å². The predicted octanol–water partition coefficient (Wildman–Crippen LogP) is 4.44. The standard InChI is InChI=1S/C18H14F3NO3/c1-12(23)22-15-7-2-13(3-8-15)4-11-17(24)14-5-9-16(10-6-14)25-18(19,20)21/h2-11H,1H3,(H,22,23)/b11-4+. The van der Waals surface area contributed by atoms with Gasteiger partial charge in [0.15, 0.2) is 5.78 Å². The lowest BCUT2D eigenvalue weighted by Crippen LogP contribution is -2.17. The van der Waals surface area contributed by atoms with E-state index in [0.717, 1.165) is 17.7 Å². The van der Waals surface area contributed by atoms with Gasteiger partial charge in [-0.3, -0.25) is 9.59 Å². The highest BCUT2D eigenvalue weighted by Crippen LogP contribution is 2.23. The van der Waals surface area contributed by atoms with Gasteiger partial charge in [0.2, 0.25) is 5.91 Å². The fraction of sp³-hybridized carbons (Fsp3) is 0.111. The molecule has 0 saturated heterocycles. The summed E-state index contributed by atoms with van der Waals surface area (Å²) in [6.07, 6.45) is -1.89. The molecule has 1 amide bonds. The molecule has 130 valence electrons. The first-order valence-corrected chi connectivity index (χ1v) is 7.19. The highest BCUT2D eigenvalue weighted by Gasteiger charge is 2.30. The zero-order valence-electron chi connectivity index (χ0n) is 13.1. The average molecular weight is 349 g/mol. The fourth-order valence-electron chi connectivity index (χ4n) is 1.97. The molecule has 2 aromatic carbocycles. The van der Waals surface area contributed by atoms with E-state index in [1.165, 1.54) is 25.1 Å². The summed E-state index contributed by atoms with van der Waals surface area (Å²) in [7, 11) is 0. The van der Waals surface area contributed by atoms with E-state index in [1.54, 1.807) is 30.3 Å². The van der Waals surface area contributed by atoms with Gasteiger partial charge in [0, 0.05) is 18.2 Å².